The molecule has 0 radical (unpaired) electrons. The van der Waals surface area contributed by atoms with Crippen molar-refractivity contribution in [2.75, 3.05) is 27.9 Å². The van der Waals surface area contributed by atoms with E-state index >= 15 is 0 Å². The first kappa shape index (κ1) is 13.3. The maximum Gasteiger partial charge on any atom is 0.217 e. The summed E-state index contributed by atoms with van der Waals surface area (Å²) in [6.07, 6.45) is 0. The first-order chi connectivity index (χ1) is 9.24. The Kier molecular flexibility index (Phi) is 3.94. The summed E-state index contributed by atoms with van der Waals surface area (Å²) >= 11 is 0. The summed E-state index contributed by atoms with van der Waals surface area (Å²) < 4.78 is 21.5. The lowest BCUT2D eigenvalue weighted by Crippen LogP contribution is -1.99. The second-order valence-corrected chi connectivity index (χ2v) is 3.79. The molecule has 1 aromatic heterocycles. The van der Waals surface area contributed by atoms with Crippen molar-refractivity contribution in [2.45, 2.75) is 6.92 Å². The van der Waals surface area contributed by atoms with Crippen LogP contribution >= 0.6 is 0 Å². The minimum absolute atomic E-state index is 0.499. The molecule has 0 fully saturated rings. The average molecular weight is 263 g/mol. The van der Waals surface area contributed by atoms with Crippen LogP contribution in [0.3, 0.4) is 0 Å². The molecule has 102 valence electrons. The van der Waals surface area contributed by atoms with Gasteiger partial charge in [0.2, 0.25) is 5.88 Å². The Morgan fingerprint density at radius 2 is 1.58 bits per heavy atom. The van der Waals surface area contributed by atoms with Gasteiger partial charge in [-0.25, -0.2) is 4.98 Å². The molecule has 0 unspecified atom stereocenters. The van der Waals surface area contributed by atoms with Gasteiger partial charge in [-0.3, -0.25) is 0 Å². The van der Waals surface area contributed by atoms with Crippen LogP contribution in [0.15, 0.2) is 18.2 Å². The van der Waals surface area contributed by atoms with Crippen molar-refractivity contribution in [1.82, 2.24) is 4.98 Å². The highest BCUT2D eigenvalue weighted by atomic mass is 16.5. The summed E-state index contributed by atoms with van der Waals surface area (Å²) in [6.45, 7) is 2.44. The third-order valence-corrected chi connectivity index (χ3v) is 2.78. The summed E-state index contributed by atoms with van der Waals surface area (Å²) in [4.78, 5) is 4.45. The maximum atomic E-state index is 5.44. The number of hydrogen-bond acceptors (Lipinski definition) is 5. The molecule has 0 atom stereocenters. The van der Waals surface area contributed by atoms with E-state index in [9.17, 15) is 0 Å². The second-order valence-electron chi connectivity index (χ2n) is 3.79. The highest BCUT2D eigenvalue weighted by molar-refractivity contribution is 5.95. The van der Waals surface area contributed by atoms with Gasteiger partial charge in [0.05, 0.1) is 33.3 Å². The fourth-order valence-corrected chi connectivity index (χ4v) is 1.95. The summed E-state index contributed by atoms with van der Waals surface area (Å²) in [5, 5.41) is 0.771. The number of nitrogens with zero attached hydrogens (tertiary/aromatic N) is 1. The van der Waals surface area contributed by atoms with Gasteiger partial charge in [0, 0.05) is 6.07 Å². The first-order valence-electron chi connectivity index (χ1n) is 5.97. The molecule has 1 heterocycles. The van der Waals surface area contributed by atoms with E-state index in [0.29, 0.717) is 35.3 Å². The fourth-order valence-electron chi connectivity index (χ4n) is 1.95. The molecular formula is C14H17NO4. The average Bonchev–Trinajstić information content (AvgIpc) is 2.45. The Morgan fingerprint density at radius 3 is 2.16 bits per heavy atom. The van der Waals surface area contributed by atoms with E-state index in [1.807, 2.05) is 19.1 Å². The van der Waals surface area contributed by atoms with Crippen LogP contribution in [-0.4, -0.2) is 32.9 Å². The summed E-state index contributed by atoms with van der Waals surface area (Å²) in [5.74, 6) is 2.47. The maximum absolute atomic E-state index is 5.44. The van der Waals surface area contributed by atoms with Crippen LogP contribution in [0, 0.1) is 0 Å². The third kappa shape index (κ3) is 2.36. The highest BCUT2D eigenvalue weighted by Gasteiger charge is 2.15. The van der Waals surface area contributed by atoms with Crippen LogP contribution < -0.4 is 18.9 Å². The topological polar surface area (TPSA) is 49.8 Å². The lowest BCUT2D eigenvalue weighted by molar-refractivity contribution is 0.324. The standard InChI is InChI=1S/C14H17NO4/c1-5-19-12-8-11(18-4)13-9(16-2)6-7-10(17-3)14(13)15-12/h6-8H,5H2,1-4H3. The second kappa shape index (κ2) is 5.65. The van der Waals surface area contributed by atoms with Gasteiger partial charge in [-0.2, -0.15) is 0 Å². The number of methoxy groups -OCH3 is 3. The van der Waals surface area contributed by atoms with E-state index in [0.717, 1.165) is 5.39 Å². The number of benzene rings is 1. The molecule has 0 bridgehead atoms. The van der Waals surface area contributed by atoms with Crippen molar-refractivity contribution in [1.29, 1.82) is 0 Å². The zero-order valence-electron chi connectivity index (χ0n) is 11.5. The Labute approximate surface area is 112 Å². The van der Waals surface area contributed by atoms with Crippen LogP contribution in [-0.2, 0) is 0 Å². The highest BCUT2D eigenvalue weighted by Crippen LogP contribution is 2.39. The molecule has 2 rings (SSSR count). The molecule has 0 saturated heterocycles. The molecule has 5 heteroatoms. The Balaban J connectivity index is 2.78. The first-order valence-corrected chi connectivity index (χ1v) is 5.97. The van der Waals surface area contributed by atoms with E-state index in [4.69, 9.17) is 18.9 Å². The zero-order chi connectivity index (χ0) is 13.8. The molecule has 0 saturated carbocycles. The molecule has 0 N–H and O–H groups in total. The van der Waals surface area contributed by atoms with Gasteiger partial charge in [-0.15, -0.1) is 0 Å². The number of hydrogen-bond donors (Lipinski definition) is 0. The molecule has 19 heavy (non-hydrogen) atoms. The normalized spacial score (nSPS) is 10.3. The molecule has 1 aromatic carbocycles. The van der Waals surface area contributed by atoms with Crippen molar-refractivity contribution in [3.8, 4) is 23.1 Å². The largest absolute Gasteiger partial charge is 0.496 e. The van der Waals surface area contributed by atoms with Crippen molar-refractivity contribution in [3.63, 3.8) is 0 Å². The van der Waals surface area contributed by atoms with Crippen molar-refractivity contribution in [3.05, 3.63) is 18.2 Å². The summed E-state index contributed by atoms with van der Waals surface area (Å²) in [6, 6.07) is 5.38. The van der Waals surface area contributed by atoms with Gasteiger partial charge >= 0.3 is 0 Å². The number of fused-ring (bicyclic) bond motifs is 1. The summed E-state index contributed by atoms with van der Waals surface area (Å²) in [7, 11) is 4.81. The van der Waals surface area contributed by atoms with Gasteiger partial charge in [-0.05, 0) is 19.1 Å². The molecular weight excluding hydrogens is 246 g/mol. The van der Waals surface area contributed by atoms with Crippen LogP contribution in [0.1, 0.15) is 6.92 Å². The van der Waals surface area contributed by atoms with Gasteiger partial charge in [0.15, 0.2) is 0 Å². The predicted molar refractivity (Wildman–Crippen MR) is 72.6 cm³/mol. The molecule has 0 amide bonds. The van der Waals surface area contributed by atoms with Gasteiger partial charge in [0.25, 0.3) is 0 Å². The third-order valence-electron chi connectivity index (χ3n) is 2.78. The van der Waals surface area contributed by atoms with Crippen molar-refractivity contribution in [2.24, 2.45) is 0 Å². The molecule has 0 aliphatic heterocycles. The number of pyridine rings is 1. The van der Waals surface area contributed by atoms with E-state index in [1.165, 1.54) is 0 Å². The van der Waals surface area contributed by atoms with Crippen molar-refractivity contribution < 1.29 is 18.9 Å². The molecule has 2 aromatic rings. The Hall–Kier alpha value is -2.17. The predicted octanol–water partition coefficient (Wildman–Crippen LogP) is 2.66. The van der Waals surface area contributed by atoms with Gasteiger partial charge < -0.3 is 18.9 Å². The van der Waals surface area contributed by atoms with E-state index in [2.05, 4.69) is 4.98 Å². The fraction of sp³-hybridized carbons (Fsp3) is 0.357. The lowest BCUT2D eigenvalue weighted by atomic mass is 10.1. The quantitative estimate of drug-likeness (QED) is 0.830. The monoisotopic (exact) mass is 263 g/mol. The number of ether oxygens (including phenoxy) is 4. The van der Waals surface area contributed by atoms with E-state index in [1.54, 1.807) is 27.4 Å². The van der Waals surface area contributed by atoms with Crippen LogP contribution in [0.4, 0.5) is 0 Å². The van der Waals surface area contributed by atoms with Crippen LogP contribution in [0.5, 0.6) is 23.1 Å². The van der Waals surface area contributed by atoms with Crippen LogP contribution in [0.2, 0.25) is 0 Å². The SMILES string of the molecule is CCOc1cc(OC)c2c(OC)ccc(OC)c2n1. The van der Waals surface area contributed by atoms with Gasteiger partial charge in [0.1, 0.15) is 22.8 Å². The van der Waals surface area contributed by atoms with E-state index in [-0.39, 0.29) is 0 Å². The molecule has 0 aliphatic carbocycles. The molecule has 0 spiro atoms. The zero-order valence-corrected chi connectivity index (χ0v) is 11.5. The summed E-state index contributed by atoms with van der Waals surface area (Å²) in [5.41, 5.74) is 0.657. The number of rotatable bonds is 5. The Morgan fingerprint density at radius 1 is 0.947 bits per heavy atom. The molecule has 5 nitrogen and oxygen atoms in total. The van der Waals surface area contributed by atoms with Gasteiger partial charge in [-0.1, -0.05) is 0 Å². The molecule has 0 aliphatic rings. The van der Waals surface area contributed by atoms with Crippen molar-refractivity contribution >= 4 is 10.9 Å². The minimum atomic E-state index is 0.499. The minimum Gasteiger partial charge on any atom is -0.496 e. The number of aromatic nitrogens is 1. The van der Waals surface area contributed by atoms with Crippen LogP contribution in [0.25, 0.3) is 10.9 Å². The smallest absolute Gasteiger partial charge is 0.217 e. The Bertz CT molecular complexity index is 583. The van der Waals surface area contributed by atoms with E-state index < -0.39 is 0 Å². The lowest BCUT2D eigenvalue weighted by Gasteiger charge is -2.13.